The lowest BCUT2D eigenvalue weighted by Gasteiger charge is -2.15. The molecule has 0 spiro atoms. The maximum absolute atomic E-state index is 12.2. The monoisotopic (exact) mass is 261 g/mol. The third-order valence-corrected chi connectivity index (χ3v) is 3.71. The number of anilines is 1. The van der Waals surface area contributed by atoms with E-state index >= 15 is 0 Å². The molecular formula is C13H15N3OS. The van der Waals surface area contributed by atoms with Crippen LogP contribution in [0.2, 0.25) is 0 Å². The number of hydrogen-bond donors (Lipinski definition) is 1. The van der Waals surface area contributed by atoms with Gasteiger partial charge >= 0.3 is 0 Å². The molecule has 4 nitrogen and oxygen atoms in total. The van der Waals surface area contributed by atoms with E-state index in [1.807, 2.05) is 19.1 Å². The molecule has 0 atom stereocenters. The summed E-state index contributed by atoms with van der Waals surface area (Å²) in [6.07, 6.45) is 3.48. The summed E-state index contributed by atoms with van der Waals surface area (Å²) in [5.74, 6) is -0.0105. The molecule has 0 fully saturated rings. The Bertz CT molecular complexity index is 531. The third-order valence-electron chi connectivity index (χ3n) is 2.66. The van der Waals surface area contributed by atoms with Crippen molar-refractivity contribution in [3.63, 3.8) is 0 Å². The Labute approximate surface area is 110 Å². The predicted octanol–water partition coefficient (Wildman–Crippen LogP) is 2.31. The highest BCUT2D eigenvalue weighted by Gasteiger charge is 2.15. The zero-order valence-corrected chi connectivity index (χ0v) is 11.2. The molecule has 0 aromatic carbocycles. The van der Waals surface area contributed by atoms with Gasteiger partial charge in [-0.1, -0.05) is 6.07 Å². The predicted molar refractivity (Wildman–Crippen MR) is 73.5 cm³/mol. The molecule has 2 rings (SSSR count). The summed E-state index contributed by atoms with van der Waals surface area (Å²) in [5.41, 5.74) is 7.45. The van der Waals surface area contributed by atoms with E-state index in [4.69, 9.17) is 5.73 Å². The van der Waals surface area contributed by atoms with Crippen molar-refractivity contribution in [1.29, 1.82) is 0 Å². The van der Waals surface area contributed by atoms with Crippen molar-refractivity contribution in [3.05, 3.63) is 45.9 Å². The van der Waals surface area contributed by atoms with Crippen molar-refractivity contribution in [3.8, 4) is 0 Å². The molecule has 18 heavy (non-hydrogen) atoms. The number of hydrogen-bond acceptors (Lipinski definition) is 4. The van der Waals surface area contributed by atoms with Gasteiger partial charge in [0.2, 0.25) is 0 Å². The number of amides is 1. The second kappa shape index (κ2) is 5.18. The summed E-state index contributed by atoms with van der Waals surface area (Å²) < 4.78 is 0. The van der Waals surface area contributed by atoms with Gasteiger partial charge in [0.1, 0.15) is 0 Å². The zero-order chi connectivity index (χ0) is 13.1. The average Bonchev–Trinajstić information content (AvgIpc) is 2.70. The highest BCUT2D eigenvalue weighted by Crippen LogP contribution is 2.24. The van der Waals surface area contributed by atoms with Crippen LogP contribution in [0.15, 0.2) is 30.6 Å². The van der Waals surface area contributed by atoms with E-state index in [9.17, 15) is 4.79 Å². The molecule has 2 aromatic rings. The molecule has 0 saturated heterocycles. The molecule has 0 aliphatic carbocycles. The van der Waals surface area contributed by atoms with Crippen molar-refractivity contribution < 1.29 is 4.79 Å². The van der Waals surface area contributed by atoms with Crippen molar-refractivity contribution in [2.24, 2.45) is 0 Å². The van der Waals surface area contributed by atoms with Crippen molar-refractivity contribution in [2.45, 2.75) is 13.5 Å². The number of thiophene rings is 1. The van der Waals surface area contributed by atoms with Crippen LogP contribution >= 0.6 is 11.3 Å². The van der Waals surface area contributed by atoms with Gasteiger partial charge < -0.3 is 10.6 Å². The van der Waals surface area contributed by atoms with Crippen LogP contribution in [0.3, 0.4) is 0 Å². The fraction of sp³-hybridized carbons (Fsp3) is 0.231. The van der Waals surface area contributed by atoms with Gasteiger partial charge in [0.15, 0.2) is 0 Å². The van der Waals surface area contributed by atoms with Crippen LogP contribution in [-0.2, 0) is 6.54 Å². The maximum atomic E-state index is 12.2. The minimum atomic E-state index is -0.0105. The molecule has 1 amide bonds. The van der Waals surface area contributed by atoms with E-state index in [1.54, 1.807) is 30.4 Å². The van der Waals surface area contributed by atoms with Crippen LogP contribution < -0.4 is 5.73 Å². The quantitative estimate of drug-likeness (QED) is 0.922. The van der Waals surface area contributed by atoms with E-state index in [2.05, 4.69) is 4.98 Å². The Morgan fingerprint density at radius 3 is 2.89 bits per heavy atom. The minimum Gasteiger partial charge on any atom is -0.398 e. The molecule has 0 unspecified atom stereocenters. The number of rotatable bonds is 3. The molecule has 5 heteroatoms. The second-order valence-electron chi connectivity index (χ2n) is 4.14. The van der Waals surface area contributed by atoms with Crippen LogP contribution in [0.1, 0.15) is 20.1 Å². The van der Waals surface area contributed by atoms with E-state index < -0.39 is 0 Å². The second-order valence-corrected chi connectivity index (χ2v) is 5.40. The first kappa shape index (κ1) is 12.6. The Balaban J connectivity index is 2.09. The lowest BCUT2D eigenvalue weighted by Crippen LogP contribution is -2.25. The number of carbonyl (C=O) groups is 1. The minimum absolute atomic E-state index is 0.0105. The van der Waals surface area contributed by atoms with E-state index in [0.29, 0.717) is 17.1 Å². The van der Waals surface area contributed by atoms with Crippen LogP contribution in [0.4, 0.5) is 5.69 Å². The van der Waals surface area contributed by atoms with Crippen molar-refractivity contribution in [1.82, 2.24) is 9.88 Å². The number of aromatic nitrogens is 1. The van der Waals surface area contributed by atoms with E-state index in [-0.39, 0.29) is 5.91 Å². The molecule has 2 heterocycles. The largest absolute Gasteiger partial charge is 0.398 e. The van der Waals surface area contributed by atoms with Gasteiger partial charge in [0.05, 0.1) is 4.88 Å². The van der Waals surface area contributed by atoms with Crippen LogP contribution in [-0.4, -0.2) is 22.8 Å². The highest BCUT2D eigenvalue weighted by molar-refractivity contribution is 7.14. The van der Waals surface area contributed by atoms with E-state index in [1.165, 1.54) is 11.3 Å². The molecule has 2 N–H and O–H groups in total. The van der Waals surface area contributed by atoms with Gasteiger partial charge in [-0.05, 0) is 24.6 Å². The summed E-state index contributed by atoms with van der Waals surface area (Å²) in [5, 5.41) is 0. The van der Waals surface area contributed by atoms with Gasteiger partial charge in [0.25, 0.3) is 5.91 Å². The van der Waals surface area contributed by atoms with Gasteiger partial charge in [-0.15, -0.1) is 11.3 Å². The van der Waals surface area contributed by atoms with Gasteiger partial charge in [0, 0.05) is 36.6 Å². The first-order chi connectivity index (χ1) is 8.58. The summed E-state index contributed by atoms with van der Waals surface area (Å²) in [6, 6.07) is 5.55. The molecule has 0 aliphatic heterocycles. The molecule has 0 bridgehead atoms. The fourth-order valence-corrected chi connectivity index (χ4v) is 2.56. The summed E-state index contributed by atoms with van der Waals surface area (Å²) in [6.45, 7) is 2.46. The number of aryl methyl sites for hydroxylation is 1. The van der Waals surface area contributed by atoms with Gasteiger partial charge in [-0.2, -0.15) is 0 Å². The van der Waals surface area contributed by atoms with Crippen molar-refractivity contribution in [2.75, 3.05) is 12.8 Å². The Morgan fingerprint density at radius 1 is 1.56 bits per heavy atom. The molecule has 94 valence electrons. The Kier molecular flexibility index (Phi) is 3.62. The van der Waals surface area contributed by atoms with Crippen molar-refractivity contribution >= 4 is 22.9 Å². The highest BCUT2D eigenvalue weighted by atomic mass is 32.1. The first-order valence-electron chi connectivity index (χ1n) is 5.58. The van der Waals surface area contributed by atoms with Gasteiger partial charge in [-0.25, -0.2) is 0 Å². The molecule has 0 saturated carbocycles. The average molecular weight is 261 g/mol. The number of pyridine rings is 1. The normalized spacial score (nSPS) is 10.3. The third kappa shape index (κ3) is 2.68. The van der Waals surface area contributed by atoms with Crippen LogP contribution in [0.5, 0.6) is 0 Å². The standard InChI is InChI=1S/C13H15N3OS/c1-9-11(14)6-12(18-9)13(17)16(2)8-10-4-3-5-15-7-10/h3-7H,8,14H2,1-2H3. The fourth-order valence-electron chi connectivity index (χ4n) is 1.63. The molecule has 0 radical (unpaired) electrons. The van der Waals surface area contributed by atoms with Gasteiger partial charge in [-0.3, -0.25) is 9.78 Å². The summed E-state index contributed by atoms with van der Waals surface area (Å²) in [7, 11) is 1.78. The Morgan fingerprint density at radius 2 is 2.33 bits per heavy atom. The lowest BCUT2D eigenvalue weighted by molar-refractivity contribution is 0.0790. The van der Waals surface area contributed by atoms with Crippen LogP contribution in [0.25, 0.3) is 0 Å². The number of nitrogens with zero attached hydrogens (tertiary/aromatic N) is 2. The first-order valence-corrected chi connectivity index (χ1v) is 6.40. The maximum Gasteiger partial charge on any atom is 0.264 e. The van der Waals surface area contributed by atoms with E-state index in [0.717, 1.165) is 10.4 Å². The lowest BCUT2D eigenvalue weighted by atomic mass is 10.2. The van der Waals surface area contributed by atoms with Crippen LogP contribution in [0, 0.1) is 6.92 Å². The zero-order valence-electron chi connectivity index (χ0n) is 10.4. The molecule has 0 aliphatic rings. The molecular weight excluding hydrogens is 246 g/mol. The smallest absolute Gasteiger partial charge is 0.264 e. The number of carbonyl (C=O) groups excluding carboxylic acids is 1. The summed E-state index contributed by atoms with van der Waals surface area (Å²) >= 11 is 1.43. The topological polar surface area (TPSA) is 59.2 Å². The SMILES string of the molecule is Cc1sc(C(=O)N(C)Cc2cccnc2)cc1N. The summed E-state index contributed by atoms with van der Waals surface area (Å²) in [4.78, 5) is 19.5. The Hall–Kier alpha value is -1.88. The number of nitrogens with two attached hydrogens (primary N) is 1. The number of nitrogen functional groups attached to an aromatic ring is 1. The molecule has 2 aromatic heterocycles.